The van der Waals surface area contributed by atoms with E-state index in [0.717, 1.165) is 0 Å². The van der Waals surface area contributed by atoms with Gasteiger partial charge in [0.2, 0.25) is 0 Å². The average molecular weight is 235 g/mol. The van der Waals surface area contributed by atoms with E-state index in [0.29, 0.717) is 5.56 Å². The Hall–Kier alpha value is -1.84. The van der Waals surface area contributed by atoms with Crippen molar-refractivity contribution in [2.75, 3.05) is 6.54 Å². The van der Waals surface area contributed by atoms with Crippen LogP contribution in [0.5, 0.6) is 5.75 Å². The van der Waals surface area contributed by atoms with Crippen LogP contribution in [0.2, 0.25) is 0 Å². The monoisotopic (exact) mass is 235 g/mol. The second kappa shape index (κ2) is 4.99. The Bertz CT molecular complexity index is 433. The molecule has 0 spiro atoms. The zero-order valence-electron chi connectivity index (χ0n) is 10.3. The molecule has 0 aromatic heterocycles. The number of phenols is 1. The lowest BCUT2D eigenvalue weighted by Crippen LogP contribution is -2.35. The fourth-order valence-electron chi connectivity index (χ4n) is 1.17. The van der Waals surface area contributed by atoms with Crippen LogP contribution in [0.3, 0.4) is 0 Å². The van der Waals surface area contributed by atoms with E-state index in [1.165, 1.54) is 12.1 Å². The Balaban J connectivity index is 2.60. The van der Waals surface area contributed by atoms with Crippen LogP contribution in [0.25, 0.3) is 0 Å². The third kappa shape index (κ3) is 3.90. The fraction of sp³-hybridized carbons (Fsp3) is 0.385. The van der Waals surface area contributed by atoms with E-state index in [1.807, 2.05) is 0 Å². The first-order chi connectivity index (χ1) is 7.80. The molecule has 1 rings (SSSR count). The zero-order chi connectivity index (χ0) is 13.1. The lowest BCUT2D eigenvalue weighted by Gasteiger charge is -2.16. The number of hydrogen-bond donors (Lipinski definition) is 2. The van der Waals surface area contributed by atoms with E-state index in [-0.39, 0.29) is 24.0 Å². The van der Waals surface area contributed by atoms with Gasteiger partial charge >= 0.3 is 0 Å². The molecule has 4 heteroatoms. The minimum Gasteiger partial charge on any atom is -0.508 e. The second-order valence-electron chi connectivity index (χ2n) is 4.91. The van der Waals surface area contributed by atoms with Gasteiger partial charge in [0.15, 0.2) is 5.78 Å². The van der Waals surface area contributed by atoms with Crippen LogP contribution in [-0.4, -0.2) is 23.3 Å². The Morgan fingerprint density at radius 2 is 1.94 bits per heavy atom. The van der Waals surface area contributed by atoms with Gasteiger partial charge in [0.25, 0.3) is 5.91 Å². The van der Waals surface area contributed by atoms with Crippen molar-refractivity contribution in [3.8, 4) is 5.75 Å². The summed E-state index contributed by atoms with van der Waals surface area (Å²) in [6.07, 6.45) is 0. The lowest BCUT2D eigenvalue weighted by molar-refractivity contribution is -0.125. The predicted molar refractivity (Wildman–Crippen MR) is 64.9 cm³/mol. The normalized spacial score (nSPS) is 11.0. The molecule has 1 amide bonds. The Morgan fingerprint density at radius 1 is 1.29 bits per heavy atom. The van der Waals surface area contributed by atoms with Crippen LogP contribution in [0, 0.1) is 5.41 Å². The number of ketones is 1. The minimum atomic E-state index is -0.466. The molecule has 0 unspecified atom stereocenters. The summed E-state index contributed by atoms with van der Waals surface area (Å²) >= 11 is 0. The Kier molecular flexibility index (Phi) is 3.89. The summed E-state index contributed by atoms with van der Waals surface area (Å²) in [6.45, 7) is 5.40. The predicted octanol–water partition coefficient (Wildman–Crippen LogP) is 1.74. The summed E-state index contributed by atoms with van der Waals surface area (Å²) in [5, 5.41) is 11.8. The van der Waals surface area contributed by atoms with Crippen LogP contribution in [0.15, 0.2) is 24.3 Å². The molecular weight excluding hydrogens is 218 g/mol. The summed E-state index contributed by atoms with van der Waals surface area (Å²) in [5.41, 5.74) is -0.127. The molecule has 0 atom stereocenters. The number of Topliss-reactive ketones (excluding diaryl/α,β-unsaturated/α-hetero) is 1. The van der Waals surface area contributed by atoms with Crippen LogP contribution < -0.4 is 5.32 Å². The molecule has 0 aliphatic carbocycles. The van der Waals surface area contributed by atoms with Gasteiger partial charge < -0.3 is 10.4 Å². The molecule has 4 nitrogen and oxygen atoms in total. The third-order valence-electron chi connectivity index (χ3n) is 2.35. The first-order valence-electron chi connectivity index (χ1n) is 5.41. The Morgan fingerprint density at radius 3 is 2.47 bits per heavy atom. The number of benzene rings is 1. The smallest absolute Gasteiger partial charge is 0.251 e. The Labute approximate surface area is 101 Å². The van der Waals surface area contributed by atoms with Crippen LogP contribution in [0.4, 0.5) is 0 Å². The molecule has 0 heterocycles. The highest BCUT2D eigenvalue weighted by molar-refractivity contribution is 5.97. The maximum atomic E-state index is 11.7. The van der Waals surface area contributed by atoms with Gasteiger partial charge in [-0.05, 0) is 18.2 Å². The van der Waals surface area contributed by atoms with Gasteiger partial charge in [-0.2, -0.15) is 0 Å². The number of amides is 1. The SMILES string of the molecule is CC(C)(C)C(=O)CNC(=O)c1cccc(O)c1. The summed E-state index contributed by atoms with van der Waals surface area (Å²) in [7, 11) is 0. The molecule has 0 saturated carbocycles. The van der Waals surface area contributed by atoms with E-state index in [2.05, 4.69) is 5.32 Å². The van der Waals surface area contributed by atoms with Crippen molar-refractivity contribution in [2.24, 2.45) is 5.41 Å². The largest absolute Gasteiger partial charge is 0.508 e. The van der Waals surface area contributed by atoms with Gasteiger partial charge in [0.05, 0.1) is 6.54 Å². The van der Waals surface area contributed by atoms with Gasteiger partial charge in [0.1, 0.15) is 5.75 Å². The van der Waals surface area contributed by atoms with E-state index in [9.17, 15) is 14.7 Å². The quantitative estimate of drug-likeness (QED) is 0.838. The summed E-state index contributed by atoms with van der Waals surface area (Å²) in [5.74, 6) is -0.371. The van der Waals surface area contributed by atoms with Crippen molar-refractivity contribution in [2.45, 2.75) is 20.8 Å². The van der Waals surface area contributed by atoms with Gasteiger partial charge in [-0.25, -0.2) is 0 Å². The van der Waals surface area contributed by atoms with Gasteiger partial charge in [-0.1, -0.05) is 26.8 Å². The number of rotatable bonds is 3. The molecule has 2 N–H and O–H groups in total. The summed E-state index contributed by atoms with van der Waals surface area (Å²) in [6, 6.07) is 6.00. The minimum absolute atomic E-state index is 0.00199. The van der Waals surface area contributed by atoms with Crippen molar-refractivity contribution in [1.29, 1.82) is 0 Å². The topological polar surface area (TPSA) is 66.4 Å². The number of hydrogen-bond acceptors (Lipinski definition) is 3. The molecule has 17 heavy (non-hydrogen) atoms. The number of phenolic OH excluding ortho intramolecular Hbond substituents is 1. The average Bonchev–Trinajstić information content (AvgIpc) is 2.24. The molecule has 0 saturated heterocycles. The van der Waals surface area contributed by atoms with Crippen molar-refractivity contribution < 1.29 is 14.7 Å². The third-order valence-corrected chi connectivity index (χ3v) is 2.35. The molecular formula is C13H17NO3. The van der Waals surface area contributed by atoms with Crippen LogP contribution in [-0.2, 0) is 4.79 Å². The highest BCUT2D eigenvalue weighted by atomic mass is 16.3. The van der Waals surface area contributed by atoms with Gasteiger partial charge in [-0.15, -0.1) is 0 Å². The van der Waals surface area contributed by atoms with Crippen LogP contribution >= 0.6 is 0 Å². The summed E-state index contributed by atoms with van der Waals surface area (Å²) in [4.78, 5) is 23.3. The van der Waals surface area contributed by atoms with Crippen LogP contribution in [0.1, 0.15) is 31.1 Å². The number of nitrogens with one attached hydrogen (secondary N) is 1. The van der Waals surface area contributed by atoms with Gasteiger partial charge in [-0.3, -0.25) is 9.59 Å². The fourth-order valence-corrected chi connectivity index (χ4v) is 1.17. The molecule has 1 aromatic carbocycles. The van der Waals surface area contributed by atoms with Crippen molar-refractivity contribution in [1.82, 2.24) is 5.32 Å². The molecule has 0 aliphatic rings. The molecule has 0 radical (unpaired) electrons. The lowest BCUT2D eigenvalue weighted by atomic mass is 9.91. The zero-order valence-corrected chi connectivity index (χ0v) is 10.3. The van der Waals surface area contributed by atoms with E-state index in [4.69, 9.17) is 0 Å². The molecule has 92 valence electrons. The molecule has 1 aromatic rings. The number of carbonyl (C=O) groups is 2. The second-order valence-corrected chi connectivity index (χ2v) is 4.91. The maximum absolute atomic E-state index is 11.7. The number of carbonyl (C=O) groups excluding carboxylic acids is 2. The maximum Gasteiger partial charge on any atom is 0.251 e. The van der Waals surface area contributed by atoms with E-state index in [1.54, 1.807) is 32.9 Å². The van der Waals surface area contributed by atoms with Gasteiger partial charge in [0, 0.05) is 11.0 Å². The van der Waals surface area contributed by atoms with Crippen molar-refractivity contribution in [3.05, 3.63) is 29.8 Å². The van der Waals surface area contributed by atoms with E-state index >= 15 is 0 Å². The van der Waals surface area contributed by atoms with Crippen molar-refractivity contribution in [3.63, 3.8) is 0 Å². The first-order valence-corrected chi connectivity index (χ1v) is 5.41. The number of aromatic hydroxyl groups is 1. The molecule has 0 fully saturated rings. The summed E-state index contributed by atoms with van der Waals surface area (Å²) < 4.78 is 0. The molecule has 0 bridgehead atoms. The molecule has 0 aliphatic heterocycles. The standard InChI is InChI=1S/C13H17NO3/c1-13(2,3)11(16)8-14-12(17)9-5-4-6-10(15)7-9/h4-7,15H,8H2,1-3H3,(H,14,17). The highest BCUT2D eigenvalue weighted by Gasteiger charge is 2.21. The highest BCUT2D eigenvalue weighted by Crippen LogP contribution is 2.14. The van der Waals surface area contributed by atoms with Crippen molar-refractivity contribution >= 4 is 11.7 Å². The first kappa shape index (κ1) is 13.2. The van der Waals surface area contributed by atoms with E-state index < -0.39 is 5.41 Å².